The third kappa shape index (κ3) is 5.30. The topological polar surface area (TPSA) is 61.4 Å². The Hall–Kier alpha value is -1.10. The first-order valence-electron chi connectivity index (χ1n) is 8.45. The van der Waals surface area contributed by atoms with Crippen molar-refractivity contribution in [1.82, 2.24) is 15.5 Å². The maximum atomic E-state index is 12.4. The highest BCUT2D eigenvalue weighted by Gasteiger charge is 2.24. The third-order valence-corrected chi connectivity index (χ3v) is 4.60. The van der Waals surface area contributed by atoms with Gasteiger partial charge in [0.05, 0.1) is 0 Å². The molecule has 1 atom stereocenters. The maximum Gasteiger partial charge on any atom is 0.244 e. The number of nitrogens with one attached hydrogen (secondary N) is 2. The van der Waals surface area contributed by atoms with Gasteiger partial charge in [-0.3, -0.25) is 9.59 Å². The molecule has 0 aromatic heterocycles. The van der Waals surface area contributed by atoms with Gasteiger partial charge in [-0.2, -0.15) is 0 Å². The molecule has 1 heterocycles. The molecule has 0 aromatic carbocycles. The molecular formula is C16H29N3O2. The van der Waals surface area contributed by atoms with Crippen molar-refractivity contribution < 1.29 is 9.59 Å². The summed E-state index contributed by atoms with van der Waals surface area (Å²) in [5.74, 6) is 0.606. The van der Waals surface area contributed by atoms with E-state index in [4.69, 9.17) is 0 Å². The molecule has 5 nitrogen and oxygen atoms in total. The zero-order valence-electron chi connectivity index (χ0n) is 13.2. The number of hydrogen-bond donors (Lipinski definition) is 2. The Morgan fingerprint density at radius 3 is 2.67 bits per heavy atom. The van der Waals surface area contributed by atoms with E-state index in [1.165, 1.54) is 19.3 Å². The highest BCUT2D eigenvalue weighted by atomic mass is 16.2. The molecule has 0 spiro atoms. The van der Waals surface area contributed by atoms with Gasteiger partial charge in [-0.05, 0) is 38.6 Å². The van der Waals surface area contributed by atoms with Crippen LogP contribution in [-0.4, -0.2) is 48.9 Å². The summed E-state index contributed by atoms with van der Waals surface area (Å²) >= 11 is 0. The minimum atomic E-state index is -0.404. The standard InChI is InChI=1S/C16H29N3O2/c1-13(16(21)19-10-5-8-17-9-11-19)18-15(20)12-14-6-3-2-4-7-14/h13-14,17H,2-12H2,1H3,(H,18,20). The molecular weight excluding hydrogens is 266 g/mol. The van der Waals surface area contributed by atoms with Crippen LogP contribution < -0.4 is 10.6 Å². The average molecular weight is 295 g/mol. The number of amides is 2. The molecule has 0 radical (unpaired) electrons. The monoisotopic (exact) mass is 295 g/mol. The summed E-state index contributed by atoms with van der Waals surface area (Å²) in [6.45, 7) is 5.14. The molecule has 1 saturated carbocycles. The van der Waals surface area contributed by atoms with E-state index in [1.54, 1.807) is 6.92 Å². The molecule has 5 heteroatoms. The van der Waals surface area contributed by atoms with E-state index in [1.807, 2.05) is 4.90 Å². The third-order valence-electron chi connectivity index (χ3n) is 4.60. The zero-order valence-corrected chi connectivity index (χ0v) is 13.2. The van der Waals surface area contributed by atoms with Crippen molar-refractivity contribution in [3.8, 4) is 0 Å². The Morgan fingerprint density at radius 1 is 1.14 bits per heavy atom. The Balaban J connectivity index is 1.74. The van der Waals surface area contributed by atoms with Gasteiger partial charge in [0.2, 0.25) is 11.8 Å². The molecule has 2 amide bonds. The second-order valence-corrected chi connectivity index (χ2v) is 6.43. The molecule has 0 bridgehead atoms. The molecule has 0 aromatic rings. The molecule has 21 heavy (non-hydrogen) atoms. The predicted molar refractivity (Wildman–Crippen MR) is 82.9 cm³/mol. The van der Waals surface area contributed by atoms with Crippen LogP contribution in [0.1, 0.15) is 51.9 Å². The lowest BCUT2D eigenvalue weighted by molar-refractivity contribution is -0.136. The van der Waals surface area contributed by atoms with Gasteiger partial charge in [-0.15, -0.1) is 0 Å². The van der Waals surface area contributed by atoms with E-state index < -0.39 is 6.04 Å². The van der Waals surface area contributed by atoms with Crippen molar-refractivity contribution in [2.24, 2.45) is 5.92 Å². The van der Waals surface area contributed by atoms with Crippen LogP contribution in [0.3, 0.4) is 0 Å². The highest BCUT2D eigenvalue weighted by Crippen LogP contribution is 2.26. The summed E-state index contributed by atoms with van der Waals surface area (Å²) < 4.78 is 0. The number of carbonyl (C=O) groups excluding carboxylic acids is 2. The molecule has 2 rings (SSSR count). The van der Waals surface area contributed by atoms with Crippen LogP contribution in [0.2, 0.25) is 0 Å². The first-order valence-corrected chi connectivity index (χ1v) is 8.45. The minimum Gasteiger partial charge on any atom is -0.345 e. The fourth-order valence-corrected chi connectivity index (χ4v) is 3.36. The van der Waals surface area contributed by atoms with Crippen molar-refractivity contribution in [3.63, 3.8) is 0 Å². The molecule has 2 aliphatic rings. The van der Waals surface area contributed by atoms with Crippen LogP contribution >= 0.6 is 0 Å². The fourth-order valence-electron chi connectivity index (χ4n) is 3.36. The predicted octanol–water partition coefficient (Wildman–Crippen LogP) is 1.28. The van der Waals surface area contributed by atoms with Crippen molar-refractivity contribution in [1.29, 1.82) is 0 Å². The van der Waals surface area contributed by atoms with Crippen molar-refractivity contribution in [2.45, 2.75) is 57.9 Å². The normalized spacial score (nSPS) is 22.4. The van der Waals surface area contributed by atoms with E-state index >= 15 is 0 Å². The van der Waals surface area contributed by atoms with Gasteiger partial charge in [0.25, 0.3) is 0 Å². The maximum absolute atomic E-state index is 12.4. The molecule has 1 aliphatic carbocycles. The fraction of sp³-hybridized carbons (Fsp3) is 0.875. The molecule has 2 N–H and O–H groups in total. The van der Waals surface area contributed by atoms with Gasteiger partial charge >= 0.3 is 0 Å². The van der Waals surface area contributed by atoms with Crippen LogP contribution in [0, 0.1) is 5.92 Å². The van der Waals surface area contributed by atoms with Gasteiger partial charge in [0, 0.05) is 26.1 Å². The van der Waals surface area contributed by atoms with Gasteiger partial charge < -0.3 is 15.5 Å². The molecule has 1 unspecified atom stereocenters. The molecule has 2 fully saturated rings. The zero-order chi connectivity index (χ0) is 15.1. The van der Waals surface area contributed by atoms with E-state index in [0.717, 1.165) is 45.4 Å². The summed E-state index contributed by atoms with van der Waals surface area (Å²) in [6, 6.07) is -0.404. The lowest BCUT2D eigenvalue weighted by Gasteiger charge is -2.25. The summed E-state index contributed by atoms with van der Waals surface area (Å²) in [5, 5.41) is 6.18. The average Bonchev–Trinajstić information content (AvgIpc) is 2.76. The van der Waals surface area contributed by atoms with Gasteiger partial charge in [0.1, 0.15) is 6.04 Å². The highest BCUT2D eigenvalue weighted by molar-refractivity contribution is 5.87. The number of hydrogen-bond acceptors (Lipinski definition) is 3. The lowest BCUT2D eigenvalue weighted by Crippen LogP contribution is -2.48. The minimum absolute atomic E-state index is 0.0377. The van der Waals surface area contributed by atoms with Crippen molar-refractivity contribution in [3.05, 3.63) is 0 Å². The van der Waals surface area contributed by atoms with E-state index in [9.17, 15) is 9.59 Å². The second kappa shape index (κ2) is 8.37. The lowest BCUT2D eigenvalue weighted by atomic mass is 9.87. The van der Waals surface area contributed by atoms with Crippen LogP contribution in [0.4, 0.5) is 0 Å². The first-order chi connectivity index (χ1) is 10.2. The largest absolute Gasteiger partial charge is 0.345 e. The van der Waals surface area contributed by atoms with Crippen LogP contribution in [0.15, 0.2) is 0 Å². The SMILES string of the molecule is CC(NC(=O)CC1CCCCC1)C(=O)N1CCCNCC1. The Kier molecular flexibility index (Phi) is 6.49. The summed E-state index contributed by atoms with van der Waals surface area (Å²) in [6.07, 6.45) is 7.67. The Labute approximate surface area is 127 Å². The van der Waals surface area contributed by atoms with Gasteiger partial charge in [0.15, 0.2) is 0 Å². The second-order valence-electron chi connectivity index (χ2n) is 6.43. The van der Waals surface area contributed by atoms with Crippen LogP contribution in [0.25, 0.3) is 0 Å². The van der Waals surface area contributed by atoms with E-state index in [2.05, 4.69) is 10.6 Å². The molecule has 120 valence electrons. The van der Waals surface area contributed by atoms with Crippen LogP contribution in [0.5, 0.6) is 0 Å². The quantitative estimate of drug-likeness (QED) is 0.821. The van der Waals surface area contributed by atoms with Gasteiger partial charge in [-0.1, -0.05) is 19.3 Å². The Bertz CT molecular complexity index is 345. The van der Waals surface area contributed by atoms with Crippen LogP contribution in [-0.2, 0) is 9.59 Å². The van der Waals surface area contributed by atoms with Crippen molar-refractivity contribution in [2.75, 3.05) is 26.2 Å². The summed E-state index contributed by atoms with van der Waals surface area (Å²) in [4.78, 5) is 26.3. The molecule has 1 aliphatic heterocycles. The van der Waals surface area contributed by atoms with Crippen molar-refractivity contribution >= 4 is 11.8 Å². The Morgan fingerprint density at radius 2 is 1.90 bits per heavy atom. The molecule has 1 saturated heterocycles. The number of nitrogens with zero attached hydrogens (tertiary/aromatic N) is 1. The summed E-state index contributed by atoms with van der Waals surface area (Å²) in [7, 11) is 0. The number of carbonyl (C=O) groups is 2. The van der Waals surface area contributed by atoms with E-state index in [-0.39, 0.29) is 11.8 Å². The smallest absolute Gasteiger partial charge is 0.244 e. The van der Waals surface area contributed by atoms with E-state index in [0.29, 0.717) is 12.3 Å². The summed E-state index contributed by atoms with van der Waals surface area (Å²) in [5.41, 5.74) is 0. The first kappa shape index (κ1) is 16.3. The van der Waals surface area contributed by atoms with Gasteiger partial charge in [-0.25, -0.2) is 0 Å². The number of rotatable bonds is 4.